The van der Waals surface area contributed by atoms with Crippen LogP contribution in [0.15, 0.2) is 53.0 Å². The molecular formula is C19H14Cl2O3S. The maximum Gasteiger partial charge on any atom is 0.195 e. The second-order valence-corrected chi connectivity index (χ2v) is 7.43. The molecule has 3 rings (SSSR count). The first-order valence-corrected chi connectivity index (χ1v) is 9.04. The molecule has 0 radical (unpaired) electrons. The summed E-state index contributed by atoms with van der Waals surface area (Å²) in [6, 6.07) is 12.5. The summed E-state index contributed by atoms with van der Waals surface area (Å²) in [5.74, 6) is 1.86. The van der Waals surface area contributed by atoms with Crippen LogP contribution in [0.1, 0.15) is 26.8 Å². The Morgan fingerprint density at radius 3 is 2.76 bits per heavy atom. The number of halogens is 2. The highest BCUT2D eigenvalue weighted by atomic mass is 35.5. The van der Waals surface area contributed by atoms with Crippen molar-refractivity contribution in [2.75, 3.05) is 0 Å². The van der Waals surface area contributed by atoms with E-state index in [2.05, 4.69) is 0 Å². The van der Waals surface area contributed by atoms with Gasteiger partial charge >= 0.3 is 0 Å². The first-order valence-electron chi connectivity index (χ1n) is 7.47. The smallest absolute Gasteiger partial charge is 0.195 e. The van der Waals surface area contributed by atoms with Gasteiger partial charge in [0.1, 0.15) is 23.9 Å². The normalized spacial score (nSPS) is 11.2. The van der Waals surface area contributed by atoms with Crippen LogP contribution in [0.3, 0.4) is 0 Å². The molecule has 0 aliphatic rings. The molecule has 25 heavy (non-hydrogen) atoms. The molecule has 0 aliphatic heterocycles. The molecule has 1 aromatic carbocycles. The van der Waals surface area contributed by atoms with Crippen molar-refractivity contribution < 1.29 is 13.9 Å². The molecule has 2 heterocycles. The zero-order valence-electron chi connectivity index (χ0n) is 13.3. The molecule has 2 aromatic heterocycles. The van der Waals surface area contributed by atoms with E-state index in [0.29, 0.717) is 32.4 Å². The molecule has 3 nitrogen and oxygen atoms in total. The Hall–Kier alpha value is -2.01. The lowest BCUT2D eigenvalue weighted by molar-refractivity contribution is 0.105. The number of rotatable bonds is 6. The summed E-state index contributed by atoms with van der Waals surface area (Å²) < 4.78 is 11.9. The molecule has 128 valence electrons. The van der Waals surface area contributed by atoms with Crippen molar-refractivity contribution in [2.24, 2.45) is 0 Å². The summed E-state index contributed by atoms with van der Waals surface area (Å²) in [6.07, 6.45) is 3.10. The number of ether oxygens (including phenoxy) is 1. The Morgan fingerprint density at radius 2 is 2.04 bits per heavy atom. The zero-order chi connectivity index (χ0) is 17.8. The van der Waals surface area contributed by atoms with E-state index in [4.69, 9.17) is 32.4 Å². The number of hydrogen-bond acceptors (Lipinski definition) is 4. The number of carbonyl (C=O) groups is 1. The van der Waals surface area contributed by atoms with Crippen LogP contribution in [0, 0.1) is 6.92 Å². The molecule has 0 atom stereocenters. The Morgan fingerprint density at radius 1 is 1.20 bits per heavy atom. The van der Waals surface area contributed by atoms with Gasteiger partial charge in [-0.15, -0.1) is 11.3 Å². The van der Waals surface area contributed by atoms with E-state index in [1.54, 1.807) is 30.3 Å². The highest BCUT2D eigenvalue weighted by molar-refractivity contribution is 7.18. The quantitative estimate of drug-likeness (QED) is 0.358. The number of hydrogen-bond donors (Lipinski definition) is 0. The van der Waals surface area contributed by atoms with Gasteiger partial charge in [-0.3, -0.25) is 4.79 Å². The molecule has 0 saturated heterocycles. The number of carbonyl (C=O) groups excluding carboxylic acids is 1. The van der Waals surface area contributed by atoms with Gasteiger partial charge in [0.15, 0.2) is 5.78 Å². The van der Waals surface area contributed by atoms with E-state index in [0.717, 1.165) is 11.3 Å². The van der Waals surface area contributed by atoms with Gasteiger partial charge in [-0.1, -0.05) is 23.2 Å². The second-order valence-electron chi connectivity index (χ2n) is 5.31. The topological polar surface area (TPSA) is 39.4 Å². The van der Waals surface area contributed by atoms with Crippen molar-refractivity contribution in [1.29, 1.82) is 0 Å². The van der Waals surface area contributed by atoms with Crippen LogP contribution in [0.25, 0.3) is 6.08 Å². The number of ketones is 1. The fourth-order valence-electron chi connectivity index (χ4n) is 2.11. The van der Waals surface area contributed by atoms with Crippen LogP contribution < -0.4 is 4.74 Å². The van der Waals surface area contributed by atoms with E-state index in [1.165, 1.54) is 17.4 Å². The molecule has 0 saturated carbocycles. The molecule has 0 bridgehead atoms. The Balaban J connectivity index is 1.59. The first kappa shape index (κ1) is 17.8. The summed E-state index contributed by atoms with van der Waals surface area (Å²) in [5, 5.41) is 0.703. The van der Waals surface area contributed by atoms with Crippen molar-refractivity contribution in [1.82, 2.24) is 0 Å². The highest BCUT2D eigenvalue weighted by Gasteiger charge is 2.06. The van der Waals surface area contributed by atoms with Gasteiger partial charge in [0, 0.05) is 5.02 Å². The molecule has 0 aliphatic carbocycles. The van der Waals surface area contributed by atoms with Crippen molar-refractivity contribution in [2.45, 2.75) is 13.5 Å². The van der Waals surface area contributed by atoms with E-state index < -0.39 is 0 Å². The van der Waals surface area contributed by atoms with Gasteiger partial charge in [-0.25, -0.2) is 0 Å². The molecule has 3 aromatic rings. The molecule has 0 unspecified atom stereocenters. The number of aryl methyl sites for hydroxylation is 1. The molecule has 0 spiro atoms. The molecular weight excluding hydrogens is 379 g/mol. The van der Waals surface area contributed by atoms with Crippen molar-refractivity contribution in [3.63, 3.8) is 0 Å². The Bertz CT molecular complexity index is 924. The fourth-order valence-corrected chi connectivity index (χ4v) is 3.19. The third-order valence-corrected chi connectivity index (χ3v) is 5.08. The average Bonchev–Trinajstić information content (AvgIpc) is 3.23. The predicted octanol–water partition coefficient (Wildman–Crippen LogP) is 6.43. The highest BCUT2D eigenvalue weighted by Crippen LogP contribution is 2.23. The van der Waals surface area contributed by atoms with Crippen LogP contribution in [0.2, 0.25) is 9.36 Å². The van der Waals surface area contributed by atoms with Crippen LogP contribution in [-0.4, -0.2) is 5.78 Å². The van der Waals surface area contributed by atoms with Crippen molar-refractivity contribution >= 4 is 46.4 Å². The molecule has 0 fully saturated rings. The van der Waals surface area contributed by atoms with Crippen LogP contribution >= 0.6 is 34.5 Å². The lowest BCUT2D eigenvalue weighted by Crippen LogP contribution is -1.94. The summed E-state index contributed by atoms with van der Waals surface area (Å²) in [7, 11) is 0. The zero-order valence-corrected chi connectivity index (χ0v) is 15.6. The molecule has 6 heteroatoms. The lowest BCUT2D eigenvalue weighted by Gasteiger charge is -2.05. The van der Waals surface area contributed by atoms with Crippen molar-refractivity contribution in [3.05, 3.63) is 79.9 Å². The fraction of sp³-hybridized carbons (Fsp3) is 0.105. The van der Waals surface area contributed by atoms with Gasteiger partial charge in [0.05, 0.1) is 9.21 Å². The minimum absolute atomic E-state index is 0.109. The maximum absolute atomic E-state index is 12.0. The molecule has 0 amide bonds. The predicted molar refractivity (Wildman–Crippen MR) is 102 cm³/mol. The summed E-state index contributed by atoms with van der Waals surface area (Å²) in [5.41, 5.74) is 0.953. The number of thiophene rings is 1. The van der Waals surface area contributed by atoms with E-state index in [1.807, 2.05) is 25.1 Å². The van der Waals surface area contributed by atoms with Gasteiger partial charge < -0.3 is 9.15 Å². The summed E-state index contributed by atoms with van der Waals surface area (Å²) >= 11 is 13.1. The Labute approximate surface area is 159 Å². The van der Waals surface area contributed by atoms with E-state index in [9.17, 15) is 4.79 Å². The standard InChI is InChI=1S/C19H14Cl2O3S/c1-12-10-14(4-6-16(12)20)23-11-15-3-2-13(24-15)5-7-17(22)18-8-9-19(21)25-18/h2-10H,11H2,1H3/b7-5+. The summed E-state index contributed by atoms with van der Waals surface area (Å²) in [4.78, 5) is 12.6. The molecule has 0 N–H and O–H groups in total. The monoisotopic (exact) mass is 392 g/mol. The third-order valence-electron chi connectivity index (χ3n) is 3.41. The van der Waals surface area contributed by atoms with Gasteiger partial charge in [-0.2, -0.15) is 0 Å². The largest absolute Gasteiger partial charge is 0.486 e. The SMILES string of the molecule is Cc1cc(OCc2ccc(/C=C/C(=O)c3ccc(Cl)s3)o2)ccc1Cl. The average molecular weight is 393 g/mol. The van der Waals surface area contributed by atoms with Crippen LogP contribution in [-0.2, 0) is 6.61 Å². The first-order chi connectivity index (χ1) is 12.0. The third kappa shape index (κ3) is 4.75. The summed E-state index contributed by atoms with van der Waals surface area (Å²) in [6.45, 7) is 2.21. The van der Waals surface area contributed by atoms with Gasteiger partial charge in [0.2, 0.25) is 0 Å². The van der Waals surface area contributed by atoms with Gasteiger partial charge in [0.25, 0.3) is 0 Å². The maximum atomic E-state index is 12.0. The Kier molecular flexibility index (Phi) is 5.63. The minimum Gasteiger partial charge on any atom is -0.486 e. The van der Waals surface area contributed by atoms with Crippen molar-refractivity contribution in [3.8, 4) is 5.75 Å². The van der Waals surface area contributed by atoms with E-state index >= 15 is 0 Å². The number of allylic oxidation sites excluding steroid dienone is 1. The number of furan rings is 1. The number of benzene rings is 1. The lowest BCUT2D eigenvalue weighted by atomic mass is 10.2. The van der Waals surface area contributed by atoms with Crippen LogP contribution in [0.5, 0.6) is 5.75 Å². The van der Waals surface area contributed by atoms with Gasteiger partial charge in [-0.05, 0) is 67.1 Å². The second kappa shape index (κ2) is 7.91. The van der Waals surface area contributed by atoms with Crippen LogP contribution in [0.4, 0.5) is 0 Å². The minimum atomic E-state index is -0.109. The van der Waals surface area contributed by atoms with E-state index in [-0.39, 0.29) is 5.78 Å².